The van der Waals surface area contributed by atoms with Crippen molar-refractivity contribution in [2.75, 3.05) is 19.8 Å². The van der Waals surface area contributed by atoms with Gasteiger partial charge in [-0.05, 0) is 42.0 Å². The van der Waals surface area contributed by atoms with Crippen LogP contribution in [0.4, 0.5) is 0 Å². The van der Waals surface area contributed by atoms with Gasteiger partial charge in [-0.15, -0.1) is 0 Å². The molecule has 0 bridgehead atoms. The second-order valence-corrected chi connectivity index (χ2v) is 10.4. The zero-order valence-corrected chi connectivity index (χ0v) is 22.5. The molecule has 2 aromatic rings. The molecule has 0 amide bonds. The van der Waals surface area contributed by atoms with Crippen LogP contribution in [-0.4, -0.2) is 19.8 Å². The highest BCUT2D eigenvalue weighted by atomic mass is 16.7. The van der Waals surface area contributed by atoms with E-state index >= 15 is 0 Å². The van der Waals surface area contributed by atoms with Crippen LogP contribution < -0.4 is 4.74 Å². The van der Waals surface area contributed by atoms with E-state index in [0.717, 1.165) is 43.5 Å². The van der Waals surface area contributed by atoms with E-state index in [1.54, 1.807) is 0 Å². The number of benzene rings is 2. The first-order valence-corrected chi connectivity index (χ1v) is 14.3. The van der Waals surface area contributed by atoms with Gasteiger partial charge in [-0.1, -0.05) is 115 Å². The van der Waals surface area contributed by atoms with Crippen molar-refractivity contribution in [1.82, 2.24) is 0 Å². The van der Waals surface area contributed by atoms with Crippen molar-refractivity contribution in [1.29, 1.82) is 0 Å². The topological polar surface area (TPSA) is 27.7 Å². The Morgan fingerprint density at radius 2 is 1.34 bits per heavy atom. The Labute approximate surface area is 214 Å². The van der Waals surface area contributed by atoms with Gasteiger partial charge < -0.3 is 14.2 Å². The molecular weight excluding hydrogens is 432 g/mol. The standard InChI is InChI=1S/C32H48O3/c1-4-6-7-8-9-10-11-12-23-33-31-21-19-29(20-22-31)28-15-17-30(18-16-28)32-34-24-27(25-35-32)14-13-26(3)5-2/h15-22,26-27,32H,4-14,23-25H2,1-3H3/t26-,27-,32-/m0/s1. The Morgan fingerprint density at radius 1 is 0.771 bits per heavy atom. The summed E-state index contributed by atoms with van der Waals surface area (Å²) in [4.78, 5) is 0. The average Bonchev–Trinajstić information content (AvgIpc) is 2.91. The molecule has 35 heavy (non-hydrogen) atoms. The lowest BCUT2D eigenvalue weighted by Gasteiger charge is -2.30. The maximum absolute atomic E-state index is 6.05. The van der Waals surface area contributed by atoms with E-state index in [4.69, 9.17) is 14.2 Å². The molecule has 0 unspecified atom stereocenters. The number of hydrogen-bond donors (Lipinski definition) is 0. The predicted octanol–water partition coefficient (Wildman–Crippen LogP) is 9.36. The third-order valence-electron chi connectivity index (χ3n) is 7.37. The van der Waals surface area contributed by atoms with Crippen molar-refractivity contribution in [3.63, 3.8) is 0 Å². The smallest absolute Gasteiger partial charge is 0.183 e. The lowest BCUT2D eigenvalue weighted by atomic mass is 9.96. The van der Waals surface area contributed by atoms with Crippen LogP contribution in [0.5, 0.6) is 5.75 Å². The molecule has 1 fully saturated rings. The number of hydrogen-bond acceptors (Lipinski definition) is 3. The van der Waals surface area contributed by atoms with E-state index in [2.05, 4.69) is 69.3 Å². The first kappa shape index (κ1) is 27.7. The lowest BCUT2D eigenvalue weighted by Crippen LogP contribution is -2.27. The highest BCUT2D eigenvalue weighted by Crippen LogP contribution is 2.30. The van der Waals surface area contributed by atoms with Crippen molar-refractivity contribution < 1.29 is 14.2 Å². The second-order valence-electron chi connectivity index (χ2n) is 10.4. The van der Waals surface area contributed by atoms with Crippen LogP contribution in [0.15, 0.2) is 48.5 Å². The van der Waals surface area contributed by atoms with Crippen LogP contribution in [0, 0.1) is 11.8 Å². The van der Waals surface area contributed by atoms with E-state index in [1.165, 1.54) is 75.3 Å². The number of rotatable bonds is 16. The highest BCUT2D eigenvalue weighted by molar-refractivity contribution is 5.64. The summed E-state index contributed by atoms with van der Waals surface area (Å²) in [6.07, 6.45) is 14.0. The molecule has 0 spiro atoms. The van der Waals surface area contributed by atoms with Gasteiger partial charge in [-0.3, -0.25) is 0 Å². The molecule has 3 nitrogen and oxygen atoms in total. The SMILES string of the molecule is CCCCCCCCCCOc1ccc(-c2ccc([C@H]3OC[C@H](CC[C@@H](C)CC)CO3)cc2)cc1. The first-order chi connectivity index (χ1) is 17.2. The Balaban J connectivity index is 1.36. The molecule has 2 aromatic carbocycles. The van der Waals surface area contributed by atoms with Crippen molar-refractivity contribution in [3.05, 3.63) is 54.1 Å². The summed E-state index contributed by atoms with van der Waals surface area (Å²) >= 11 is 0. The summed E-state index contributed by atoms with van der Waals surface area (Å²) in [5.74, 6) is 2.27. The minimum atomic E-state index is -0.240. The Hall–Kier alpha value is -1.84. The van der Waals surface area contributed by atoms with Gasteiger partial charge >= 0.3 is 0 Å². The Bertz CT molecular complexity index is 791. The van der Waals surface area contributed by atoms with Gasteiger partial charge in [0.15, 0.2) is 6.29 Å². The van der Waals surface area contributed by atoms with Crippen LogP contribution in [0.25, 0.3) is 11.1 Å². The van der Waals surface area contributed by atoms with Gasteiger partial charge in [-0.25, -0.2) is 0 Å². The average molecular weight is 481 g/mol. The van der Waals surface area contributed by atoms with Crippen LogP contribution >= 0.6 is 0 Å². The predicted molar refractivity (Wildman–Crippen MR) is 147 cm³/mol. The molecule has 194 valence electrons. The van der Waals surface area contributed by atoms with E-state index in [0.29, 0.717) is 5.92 Å². The van der Waals surface area contributed by atoms with Crippen LogP contribution in [0.2, 0.25) is 0 Å². The van der Waals surface area contributed by atoms with Crippen molar-refractivity contribution >= 4 is 0 Å². The van der Waals surface area contributed by atoms with Crippen LogP contribution in [0.1, 0.15) is 103 Å². The zero-order valence-electron chi connectivity index (χ0n) is 22.5. The van der Waals surface area contributed by atoms with E-state index < -0.39 is 0 Å². The van der Waals surface area contributed by atoms with Gasteiger partial charge in [0.1, 0.15) is 5.75 Å². The molecule has 0 aromatic heterocycles. The summed E-state index contributed by atoms with van der Waals surface area (Å²) in [7, 11) is 0. The van der Waals surface area contributed by atoms with Crippen LogP contribution in [-0.2, 0) is 9.47 Å². The van der Waals surface area contributed by atoms with Gasteiger partial charge in [-0.2, -0.15) is 0 Å². The summed E-state index contributed by atoms with van der Waals surface area (Å²) in [5, 5.41) is 0. The molecule has 3 rings (SSSR count). The maximum Gasteiger partial charge on any atom is 0.183 e. The minimum absolute atomic E-state index is 0.240. The zero-order chi connectivity index (χ0) is 24.7. The summed E-state index contributed by atoms with van der Waals surface area (Å²) < 4.78 is 18.1. The minimum Gasteiger partial charge on any atom is -0.494 e. The van der Waals surface area contributed by atoms with Gasteiger partial charge in [0, 0.05) is 11.5 Å². The van der Waals surface area contributed by atoms with Gasteiger partial charge in [0.05, 0.1) is 19.8 Å². The van der Waals surface area contributed by atoms with Crippen molar-refractivity contribution in [3.8, 4) is 16.9 Å². The monoisotopic (exact) mass is 480 g/mol. The maximum atomic E-state index is 6.05. The molecule has 1 aliphatic heterocycles. The number of unbranched alkanes of at least 4 members (excludes halogenated alkanes) is 7. The second kappa shape index (κ2) is 16.0. The molecular formula is C32H48O3. The number of ether oxygens (including phenoxy) is 3. The molecule has 1 atom stereocenters. The normalized spacial score (nSPS) is 18.9. The van der Waals surface area contributed by atoms with E-state index in [-0.39, 0.29) is 6.29 Å². The molecule has 0 saturated carbocycles. The van der Waals surface area contributed by atoms with E-state index in [1.807, 2.05) is 0 Å². The molecule has 1 aliphatic rings. The fourth-order valence-corrected chi connectivity index (χ4v) is 4.63. The summed E-state index contributed by atoms with van der Waals surface area (Å²) in [6.45, 7) is 9.26. The molecule has 0 N–H and O–H groups in total. The largest absolute Gasteiger partial charge is 0.494 e. The Kier molecular flexibility index (Phi) is 12.7. The third-order valence-corrected chi connectivity index (χ3v) is 7.37. The summed E-state index contributed by atoms with van der Waals surface area (Å²) in [6, 6.07) is 17.0. The summed E-state index contributed by atoms with van der Waals surface area (Å²) in [5.41, 5.74) is 3.50. The molecule has 0 radical (unpaired) electrons. The van der Waals surface area contributed by atoms with Crippen molar-refractivity contribution in [2.45, 2.75) is 97.7 Å². The van der Waals surface area contributed by atoms with E-state index in [9.17, 15) is 0 Å². The first-order valence-electron chi connectivity index (χ1n) is 14.3. The molecule has 3 heteroatoms. The molecule has 1 saturated heterocycles. The third kappa shape index (κ3) is 9.97. The van der Waals surface area contributed by atoms with Gasteiger partial charge in [0.25, 0.3) is 0 Å². The van der Waals surface area contributed by atoms with Crippen molar-refractivity contribution in [2.24, 2.45) is 11.8 Å². The highest BCUT2D eigenvalue weighted by Gasteiger charge is 2.23. The molecule has 0 aliphatic carbocycles. The Morgan fingerprint density at radius 3 is 1.94 bits per heavy atom. The fraction of sp³-hybridized carbons (Fsp3) is 0.625. The molecule has 1 heterocycles. The van der Waals surface area contributed by atoms with Gasteiger partial charge in [0.2, 0.25) is 0 Å². The quantitative estimate of drug-likeness (QED) is 0.224. The fourth-order valence-electron chi connectivity index (χ4n) is 4.63. The lowest BCUT2D eigenvalue weighted by molar-refractivity contribution is -0.206. The van der Waals surface area contributed by atoms with Crippen LogP contribution in [0.3, 0.4) is 0 Å².